The second-order valence-electron chi connectivity index (χ2n) is 7.21. The van der Waals surface area contributed by atoms with Gasteiger partial charge in [0.1, 0.15) is 11.9 Å². The molecule has 2 heterocycles. The summed E-state index contributed by atoms with van der Waals surface area (Å²) in [6, 6.07) is 10.0. The largest absolute Gasteiger partial charge is 0.490 e. The molecule has 0 spiro atoms. The van der Waals surface area contributed by atoms with Crippen molar-refractivity contribution >= 4 is 5.91 Å². The van der Waals surface area contributed by atoms with Crippen molar-refractivity contribution in [3.05, 3.63) is 47.3 Å². The van der Waals surface area contributed by atoms with E-state index in [0.29, 0.717) is 17.5 Å². The number of ether oxygens (including phenoxy) is 1. The van der Waals surface area contributed by atoms with Crippen LogP contribution in [0.5, 0.6) is 5.75 Å². The first kappa shape index (κ1) is 16.2. The highest BCUT2D eigenvalue weighted by Crippen LogP contribution is 2.40. The lowest BCUT2D eigenvalue weighted by molar-refractivity contribution is 0.0756. The fraction of sp³-hybridized carbons (Fsp3) is 0.500. The third kappa shape index (κ3) is 2.92. The predicted octanol–water partition coefficient (Wildman–Crippen LogP) is 3.21. The van der Waals surface area contributed by atoms with Crippen molar-refractivity contribution in [1.82, 2.24) is 15.1 Å². The first-order valence-corrected chi connectivity index (χ1v) is 9.22. The summed E-state index contributed by atoms with van der Waals surface area (Å²) in [4.78, 5) is 14.9. The van der Waals surface area contributed by atoms with Crippen LogP contribution in [0.2, 0.25) is 0 Å². The summed E-state index contributed by atoms with van der Waals surface area (Å²) in [5, 5.41) is 7.26. The SMILES string of the molecule is CCc1[nH]nc(C(=O)N2C[C@@H]3CC[C@H](Oc4ccccc4)[C@@H]3C2)c1C. The van der Waals surface area contributed by atoms with Gasteiger partial charge in [0.15, 0.2) is 5.69 Å². The van der Waals surface area contributed by atoms with Crippen molar-refractivity contribution in [2.45, 2.75) is 39.2 Å². The van der Waals surface area contributed by atoms with Gasteiger partial charge in [-0.2, -0.15) is 5.10 Å². The summed E-state index contributed by atoms with van der Waals surface area (Å²) in [7, 11) is 0. The number of nitrogens with zero attached hydrogens (tertiary/aromatic N) is 2. The molecule has 3 atom stereocenters. The molecular weight excluding hydrogens is 314 g/mol. The van der Waals surface area contributed by atoms with Gasteiger partial charge in [0, 0.05) is 30.3 Å². The molecule has 1 saturated heterocycles. The molecule has 1 aromatic heterocycles. The van der Waals surface area contributed by atoms with E-state index >= 15 is 0 Å². The van der Waals surface area contributed by atoms with Crippen LogP contribution in [0.15, 0.2) is 30.3 Å². The number of rotatable bonds is 4. The minimum atomic E-state index is 0.0568. The lowest BCUT2D eigenvalue weighted by atomic mass is 9.99. The molecule has 5 heteroatoms. The highest BCUT2D eigenvalue weighted by atomic mass is 16.5. The molecule has 1 aromatic carbocycles. The van der Waals surface area contributed by atoms with Crippen molar-refractivity contribution in [2.24, 2.45) is 11.8 Å². The van der Waals surface area contributed by atoms with Gasteiger partial charge in [0.25, 0.3) is 5.91 Å². The number of amides is 1. The predicted molar refractivity (Wildman–Crippen MR) is 95.7 cm³/mol. The normalized spacial score (nSPS) is 25.2. The van der Waals surface area contributed by atoms with Crippen molar-refractivity contribution in [1.29, 1.82) is 0 Å². The van der Waals surface area contributed by atoms with E-state index in [1.54, 1.807) is 0 Å². The minimum absolute atomic E-state index is 0.0568. The van der Waals surface area contributed by atoms with E-state index in [-0.39, 0.29) is 12.0 Å². The van der Waals surface area contributed by atoms with E-state index in [2.05, 4.69) is 17.1 Å². The molecule has 132 valence electrons. The first-order chi connectivity index (χ1) is 12.2. The quantitative estimate of drug-likeness (QED) is 0.930. The third-order valence-corrected chi connectivity index (χ3v) is 5.78. The maximum absolute atomic E-state index is 12.9. The Morgan fingerprint density at radius 1 is 1.28 bits per heavy atom. The number of carbonyl (C=O) groups is 1. The highest BCUT2D eigenvalue weighted by Gasteiger charge is 2.45. The van der Waals surface area contributed by atoms with Gasteiger partial charge in [-0.3, -0.25) is 9.89 Å². The molecule has 1 aliphatic carbocycles. The van der Waals surface area contributed by atoms with Crippen molar-refractivity contribution < 1.29 is 9.53 Å². The number of carbonyl (C=O) groups excluding carboxylic acids is 1. The number of hydrogen-bond acceptors (Lipinski definition) is 3. The number of hydrogen-bond donors (Lipinski definition) is 1. The number of aromatic amines is 1. The summed E-state index contributed by atoms with van der Waals surface area (Å²) in [5.74, 6) is 1.95. The highest BCUT2D eigenvalue weighted by molar-refractivity contribution is 5.94. The van der Waals surface area contributed by atoms with Gasteiger partial charge in [-0.15, -0.1) is 0 Å². The van der Waals surface area contributed by atoms with Gasteiger partial charge in [0.05, 0.1) is 0 Å². The van der Waals surface area contributed by atoms with Crippen LogP contribution in [0.25, 0.3) is 0 Å². The number of H-pyrrole nitrogens is 1. The van der Waals surface area contributed by atoms with Gasteiger partial charge in [-0.05, 0) is 44.2 Å². The molecule has 4 rings (SSSR count). The number of benzene rings is 1. The number of likely N-dealkylation sites (tertiary alicyclic amines) is 1. The molecule has 25 heavy (non-hydrogen) atoms. The second-order valence-corrected chi connectivity index (χ2v) is 7.21. The Kier molecular flexibility index (Phi) is 4.24. The molecule has 2 fully saturated rings. The molecule has 0 bridgehead atoms. The van der Waals surface area contributed by atoms with Crippen LogP contribution in [0.4, 0.5) is 0 Å². The van der Waals surface area contributed by atoms with E-state index in [1.165, 1.54) is 0 Å². The maximum atomic E-state index is 12.9. The monoisotopic (exact) mass is 339 g/mol. The van der Waals surface area contributed by atoms with Gasteiger partial charge >= 0.3 is 0 Å². The van der Waals surface area contributed by atoms with Crippen LogP contribution >= 0.6 is 0 Å². The Bertz CT molecular complexity index is 756. The molecule has 5 nitrogen and oxygen atoms in total. The van der Waals surface area contributed by atoms with Crippen LogP contribution < -0.4 is 4.74 Å². The maximum Gasteiger partial charge on any atom is 0.274 e. The Hall–Kier alpha value is -2.30. The van der Waals surface area contributed by atoms with Gasteiger partial charge < -0.3 is 9.64 Å². The second kappa shape index (κ2) is 6.54. The third-order valence-electron chi connectivity index (χ3n) is 5.78. The lowest BCUT2D eigenvalue weighted by Gasteiger charge is -2.22. The number of nitrogens with one attached hydrogen (secondary N) is 1. The van der Waals surface area contributed by atoms with Gasteiger partial charge in [0.2, 0.25) is 0 Å². The van der Waals surface area contributed by atoms with Gasteiger partial charge in [-0.25, -0.2) is 0 Å². The minimum Gasteiger partial charge on any atom is -0.490 e. The number of fused-ring (bicyclic) bond motifs is 1. The number of aryl methyl sites for hydroxylation is 1. The first-order valence-electron chi connectivity index (χ1n) is 9.22. The molecule has 1 saturated carbocycles. The molecular formula is C20H25N3O2. The van der Waals surface area contributed by atoms with E-state index in [4.69, 9.17) is 4.74 Å². The Labute approximate surface area is 148 Å². The molecule has 1 aliphatic heterocycles. The van der Waals surface area contributed by atoms with E-state index in [0.717, 1.165) is 49.4 Å². The van der Waals surface area contributed by atoms with Crippen molar-refractivity contribution in [2.75, 3.05) is 13.1 Å². The number of aromatic nitrogens is 2. The average Bonchev–Trinajstić information content (AvgIpc) is 3.31. The summed E-state index contributed by atoms with van der Waals surface area (Å²) in [6.07, 6.45) is 3.28. The molecule has 1 amide bonds. The van der Waals surface area contributed by atoms with Crippen molar-refractivity contribution in [3.8, 4) is 5.75 Å². The van der Waals surface area contributed by atoms with Crippen LogP contribution in [-0.4, -0.2) is 40.2 Å². The Balaban J connectivity index is 1.45. The smallest absolute Gasteiger partial charge is 0.274 e. The molecule has 0 radical (unpaired) electrons. The standard InChI is InChI=1S/C20H25N3O2/c1-3-17-13(2)19(22-21-17)20(24)23-11-14-9-10-18(16(14)12-23)25-15-7-5-4-6-8-15/h4-8,14,16,18H,3,9-12H2,1-2H3,(H,21,22)/t14-,16+,18-/m0/s1. The van der Waals surface area contributed by atoms with E-state index in [1.807, 2.05) is 42.2 Å². The van der Waals surface area contributed by atoms with Crippen molar-refractivity contribution in [3.63, 3.8) is 0 Å². The Morgan fingerprint density at radius 3 is 2.80 bits per heavy atom. The van der Waals surface area contributed by atoms with E-state index in [9.17, 15) is 4.79 Å². The number of para-hydroxylation sites is 1. The summed E-state index contributed by atoms with van der Waals surface area (Å²) in [6.45, 7) is 5.65. The molecule has 1 N–H and O–H groups in total. The summed E-state index contributed by atoms with van der Waals surface area (Å²) >= 11 is 0. The average molecular weight is 339 g/mol. The summed E-state index contributed by atoms with van der Waals surface area (Å²) in [5.41, 5.74) is 2.62. The zero-order chi connectivity index (χ0) is 17.4. The fourth-order valence-corrected chi connectivity index (χ4v) is 4.34. The lowest BCUT2D eigenvalue weighted by Crippen LogP contribution is -2.33. The van der Waals surface area contributed by atoms with Crippen LogP contribution in [0.1, 0.15) is 41.5 Å². The zero-order valence-corrected chi connectivity index (χ0v) is 14.9. The molecule has 2 aliphatic rings. The summed E-state index contributed by atoms with van der Waals surface area (Å²) < 4.78 is 6.21. The van der Waals surface area contributed by atoms with E-state index < -0.39 is 0 Å². The van der Waals surface area contributed by atoms with Gasteiger partial charge in [-0.1, -0.05) is 25.1 Å². The fourth-order valence-electron chi connectivity index (χ4n) is 4.34. The topological polar surface area (TPSA) is 58.2 Å². The molecule has 0 unspecified atom stereocenters. The van der Waals surface area contributed by atoms with Crippen LogP contribution in [0.3, 0.4) is 0 Å². The zero-order valence-electron chi connectivity index (χ0n) is 14.9. The van der Waals surface area contributed by atoms with Crippen LogP contribution in [0, 0.1) is 18.8 Å². The Morgan fingerprint density at radius 2 is 2.08 bits per heavy atom. The van der Waals surface area contributed by atoms with Crippen LogP contribution in [-0.2, 0) is 6.42 Å². The molecule has 2 aromatic rings.